The molecule has 0 radical (unpaired) electrons. The number of fused-ring (bicyclic) bond motifs is 2. The number of anilines is 2. The van der Waals surface area contributed by atoms with Crippen molar-refractivity contribution in [1.29, 1.82) is 5.26 Å². The molecule has 0 spiro atoms. The fourth-order valence-electron chi connectivity index (χ4n) is 4.13. The summed E-state index contributed by atoms with van der Waals surface area (Å²) in [6.07, 6.45) is 1.54. The minimum Gasteiger partial charge on any atom is -0.375 e. The molecule has 3 aromatic rings. The number of nitrogens with zero attached hydrogens (tertiary/aromatic N) is 3. The van der Waals surface area contributed by atoms with Gasteiger partial charge in [0.05, 0.1) is 35.2 Å². The smallest absolute Gasteiger partial charge is 0.241 e. The fourth-order valence-corrected chi connectivity index (χ4v) is 4.91. The van der Waals surface area contributed by atoms with Crippen LogP contribution in [-0.4, -0.2) is 46.2 Å². The SMILES string of the molecule is N#Cc1ccc2cccc(NC(=O)C3CCC(NCc4ccc5c(n4)SC(=O)CN5)CN3)c2n1. The predicted molar refractivity (Wildman–Crippen MR) is 130 cm³/mol. The second kappa shape index (κ2) is 9.77. The van der Waals surface area contributed by atoms with Crippen molar-refractivity contribution in [3.63, 3.8) is 0 Å². The largest absolute Gasteiger partial charge is 0.375 e. The van der Waals surface area contributed by atoms with Crippen LogP contribution in [0.1, 0.15) is 24.2 Å². The topological polar surface area (TPSA) is 132 Å². The van der Waals surface area contributed by atoms with Crippen LogP contribution in [0.2, 0.25) is 0 Å². The minimum absolute atomic E-state index is 0.0655. The quantitative estimate of drug-likeness (QED) is 0.441. The van der Waals surface area contributed by atoms with Gasteiger partial charge in [0, 0.05) is 24.5 Å². The normalized spacial score (nSPS) is 19.7. The van der Waals surface area contributed by atoms with E-state index in [-0.39, 0.29) is 23.1 Å². The van der Waals surface area contributed by atoms with Crippen LogP contribution >= 0.6 is 11.8 Å². The number of thioether (sulfide) groups is 1. The fraction of sp³-hybridized carbons (Fsp3) is 0.292. The molecule has 0 bridgehead atoms. The number of carbonyl (C=O) groups is 2. The first-order valence-electron chi connectivity index (χ1n) is 11.1. The molecule has 172 valence electrons. The maximum atomic E-state index is 12.9. The Kier molecular flexibility index (Phi) is 6.40. The molecule has 1 amide bonds. The lowest BCUT2D eigenvalue weighted by Crippen LogP contribution is -2.52. The highest BCUT2D eigenvalue weighted by Crippen LogP contribution is 2.30. The molecule has 2 aliphatic heterocycles. The Hall–Kier alpha value is -3.52. The zero-order valence-corrected chi connectivity index (χ0v) is 19.1. The summed E-state index contributed by atoms with van der Waals surface area (Å²) in [5.74, 6) is -0.111. The Morgan fingerprint density at radius 3 is 2.91 bits per heavy atom. The van der Waals surface area contributed by atoms with Gasteiger partial charge in [0.15, 0.2) is 0 Å². The third-order valence-corrected chi connectivity index (χ3v) is 6.82. The highest BCUT2D eigenvalue weighted by Gasteiger charge is 2.26. The number of aromatic nitrogens is 2. The van der Waals surface area contributed by atoms with Crippen LogP contribution in [0.25, 0.3) is 10.9 Å². The molecule has 4 heterocycles. The second-order valence-electron chi connectivity index (χ2n) is 8.27. The molecule has 0 saturated carbocycles. The summed E-state index contributed by atoms with van der Waals surface area (Å²) in [6, 6.07) is 14.9. The van der Waals surface area contributed by atoms with Crippen molar-refractivity contribution in [3.05, 3.63) is 53.9 Å². The van der Waals surface area contributed by atoms with E-state index in [2.05, 4.69) is 31.2 Å². The first-order valence-corrected chi connectivity index (χ1v) is 11.9. The average molecular weight is 474 g/mol. The summed E-state index contributed by atoms with van der Waals surface area (Å²) < 4.78 is 0. The summed E-state index contributed by atoms with van der Waals surface area (Å²) in [4.78, 5) is 33.4. The van der Waals surface area contributed by atoms with E-state index in [0.717, 1.165) is 28.2 Å². The van der Waals surface area contributed by atoms with Gasteiger partial charge < -0.3 is 21.3 Å². The van der Waals surface area contributed by atoms with Crippen LogP contribution in [0.3, 0.4) is 0 Å². The Labute approximate surface area is 200 Å². The van der Waals surface area contributed by atoms with Gasteiger partial charge in [-0.15, -0.1) is 0 Å². The van der Waals surface area contributed by atoms with Crippen LogP contribution < -0.4 is 21.3 Å². The van der Waals surface area contributed by atoms with E-state index in [0.29, 0.717) is 43.0 Å². The molecule has 2 atom stereocenters. The van der Waals surface area contributed by atoms with Gasteiger partial charge in [-0.25, -0.2) is 9.97 Å². The standard InChI is InChI=1S/C24H23N7O2S/c25-10-15-5-4-14-2-1-3-18(22(14)29-15)31-23(33)19-8-6-16(11-27-19)26-12-17-7-9-20-24(30-17)34-21(32)13-28-20/h1-5,7,9,16,19,26-28H,6,8,11-13H2,(H,31,33). The van der Waals surface area contributed by atoms with E-state index < -0.39 is 0 Å². The number of carbonyl (C=O) groups excluding carboxylic acids is 2. The zero-order valence-electron chi connectivity index (χ0n) is 18.3. The lowest BCUT2D eigenvalue weighted by Gasteiger charge is -2.30. The van der Waals surface area contributed by atoms with Crippen LogP contribution in [0.15, 0.2) is 47.5 Å². The lowest BCUT2D eigenvalue weighted by molar-refractivity contribution is -0.118. The van der Waals surface area contributed by atoms with E-state index in [1.54, 1.807) is 12.1 Å². The number of para-hydroxylation sites is 1. The first-order chi connectivity index (χ1) is 16.6. The molecule has 5 rings (SSSR count). The van der Waals surface area contributed by atoms with Gasteiger partial charge in [0.2, 0.25) is 11.0 Å². The molecule has 4 N–H and O–H groups in total. The van der Waals surface area contributed by atoms with Gasteiger partial charge in [-0.3, -0.25) is 9.59 Å². The average Bonchev–Trinajstić information content (AvgIpc) is 2.87. The van der Waals surface area contributed by atoms with Crippen molar-refractivity contribution < 1.29 is 9.59 Å². The monoisotopic (exact) mass is 473 g/mol. The molecule has 34 heavy (non-hydrogen) atoms. The van der Waals surface area contributed by atoms with Gasteiger partial charge >= 0.3 is 0 Å². The number of rotatable bonds is 5. The van der Waals surface area contributed by atoms with Crippen LogP contribution in [0.5, 0.6) is 0 Å². The Bertz CT molecular complexity index is 1300. The molecule has 2 aromatic heterocycles. The molecular formula is C24H23N7O2S. The maximum Gasteiger partial charge on any atom is 0.241 e. The molecule has 1 aromatic carbocycles. The van der Waals surface area contributed by atoms with E-state index in [4.69, 9.17) is 5.26 Å². The summed E-state index contributed by atoms with van der Waals surface area (Å²) in [7, 11) is 0. The van der Waals surface area contributed by atoms with E-state index in [1.807, 2.05) is 36.4 Å². The van der Waals surface area contributed by atoms with Crippen molar-refractivity contribution in [2.45, 2.75) is 36.5 Å². The van der Waals surface area contributed by atoms with Crippen molar-refractivity contribution in [1.82, 2.24) is 20.6 Å². The first kappa shape index (κ1) is 22.3. The number of pyridine rings is 2. The molecule has 2 unspecified atom stereocenters. The van der Waals surface area contributed by atoms with Crippen LogP contribution in [-0.2, 0) is 16.1 Å². The number of hydrogen-bond acceptors (Lipinski definition) is 9. The number of hydrogen-bond donors (Lipinski definition) is 4. The number of nitriles is 1. The molecule has 2 aliphatic rings. The summed E-state index contributed by atoms with van der Waals surface area (Å²) in [5.41, 5.74) is 3.30. The number of nitrogens with one attached hydrogen (secondary N) is 4. The Balaban J connectivity index is 1.15. The third kappa shape index (κ3) is 4.87. The van der Waals surface area contributed by atoms with Gasteiger partial charge in [0.25, 0.3) is 0 Å². The van der Waals surface area contributed by atoms with E-state index >= 15 is 0 Å². The molecule has 9 nitrogen and oxygen atoms in total. The van der Waals surface area contributed by atoms with Crippen LogP contribution in [0.4, 0.5) is 11.4 Å². The highest BCUT2D eigenvalue weighted by molar-refractivity contribution is 8.13. The zero-order chi connectivity index (χ0) is 23.5. The number of amides is 1. The number of piperidine rings is 1. The minimum atomic E-state index is -0.303. The van der Waals surface area contributed by atoms with Crippen molar-refractivity contribution in [3.8, 4) is 6.07 Å². The second-order valence-corrected chi connectivity index (χ2v) is 9.32. The van der Waals surface area contributed by atoms with Gasteiger partial charge in [0.1, 0.15) is 16.8 Å². The van der Waals surface area contributed by atoms with E-state index in [1.165, 1.54) is 11.8 Å². The van der Waals surface area contributed by atoms with E-state index in [9.17, 15) is 9.59 Å². The summed E-state index contributed by atoms with van der Waals surface area (Å²) in [5, 5.41) is 23.7. The van der Waals surface area contributed by atoms with Crippen molar-refractivity contribution >= 4 is 45.1 Å². The van der Waals surface area contributed by atoms with Crippen LogP contribution in [0, 0.1) is 11.3 Å². The third-order valence-electron chi connectivity index (χ3n) is 5.95. The molecule has 1 fully saturated rings. The lowest BCUT2D eigenvalue weighted by atomic mass is 10.00. The molecular weight excluding hydrogens is 450 g/mol. The highest BCUT2D eigenvalue weighted by atomic mass is 32.2. The van der Waals surface area contributed by atoms with Crippen molar-refractivity contribution in [2.75, 3.05) is 23.7 Å². The summed E-state index contributed by atoms with van der Waals surface area (Å²) >= 11 is 1.18. The Morgan fingerprint density at radius 2 is 2.09 bits per heavy atom. The van der Waals surface area contributed by atoms with Gasteiger partial charge in [-0.1, -0.05) is 12.1 Å². The predicted octanol–water partition coefficient (Wildman–Crippen LogP) is 2.39. The van der Waals surface area contributed by atoms with Gasteiger partial charge in [-0.2, -0.15) is 5.26 Å². The maximum absolute atomic E-state index is 12.9. The molecule has 10 heteroatoms. The molecule has 1 saturated heterocycles. The van der Waals surface area contributed by atoms with Gasteiger partial charge in [-0.05, 0) is 54.9 Å². The number of benzene rings is 1. The molecule has 0 aliphatic carbocycles. The Morgan fingerprint density at radius 1 is 1.18 bits per heavy atom. The summed E-state index contributed by atoms with van der Waals surface area (Å²) in [6.45, 7) is 1.58. The van der Waals surface area contributed by atoms with Crippen molar-refractivity contribution in [2.24, 2.45) is 0 Å².